The molecule has 2 aromatic heterocycles. The van der Waals surface area contributed by atoms with E-state index in [1.54, 1.807) is 49.2 Å². The second-order valence-corrected chi connectivity index (χ2v) is 6.71. The van der Waals surface area contributed by atoms with Gasteiger partial charge in [-0.15, -0.1) is 0 Å². The number of pyridine rings is 1. The molecule has 2 N–H and O–H groups in total. The van der Waals surface area contributed by atoms with Crippen molar-refractivity contribution in [2.24, 2.45) is 0 Å². The minimum absolute atomic E-state index is 0.0588. The van der Waals surface area contributed by atoms with Gasteiger partial charge in [0.1, 0.15) is 0 Å². The monoisotopic (exact) mass is 377 g/mol. The highest BCUT2D eigenvalue weighted by molar-refractivity contribution is 6.06. The lowest BCUT2D eigenvalue weighted by molar-refractivity contribution is 0.0960. The van der Waals surface area contributed by atoms with E-state index >= 15 is 0 Å². The highest BCUT2D eigenvalue weighted by atomic mass is 16.2. The van der Waals surface area contributed by atoms with E-state index in [2.05, 4.69) is 20.7 Å². The molecule has 0 aliphatic rings. The standard InChI is InChI=1S/C21H23N5O2/c1-13(2)19-16(12-24-26(19)18-10-5-6-11-23-18)21(28)25-17-9-7-8-15(14(17)3)20(27)22-4/h5-13H,1-4H3,(H,22,27)(H,25,28). The molecule has 0 unspecified atom stereocenters. The quantitative estimate of drug-likeness (QED) is 0.714. The van der Waals surface area contributed by atoms with Crippen LogP contribution in [0.1, 0.15) is 51.7 Å². The van der Waals surface area contributed by atoms with Gasteiger partial charge in [0, 0.05) is 24.5 Å². The van der Waals surface area contributed by atoms with Gasteiger partial charge in [-0.2, -0.15) is 5.10 Å². The Kier molecular flexibility index (Phi) is 5.54. The summed E-state index contributed by atoms with van der Waals surface area (Å²) >= 11 is 0. The summed E-state index contributed by atoms with van der Waals surface area (Å²) in [4.78, 5) is 29.3. The fourth-order valence-electron chi connectivity index (χ4n) is 3.09. The first-order chi connectivity index (χ1) is 13.4. The Morgan fingerprint density at radius 2 is 1.82 bits per heavy atom. The third kappa shape index (κ3) is 3.64. The SMILES string of the molecule is CNC(=O)c1cccc(NC(=O)c2cnn(-c3ccccn3)c2C(C)C)c1C. The smallest absolute Gasteiger partial charge is 0.259 e. The molecular weight excluding hydrogens is 354 g/mol. The molecule has 0 fully saturated rings. The van der Waals surface area contributed by atoms with Gasteiger partial charge in [0.05, 0.1) is 17.5 Å². The van der Waals surface area contributed by atoms with Crippen LogP contribution in [0.4, 0.5) is 5.69 Å². The predicted molar refractivity (Wildman–Crippen MR) is 108 cm³/mol. The van der Waals surface area contributed by atoms with Crippen molar-refractivity contribution in [2.75, 3.05) is 12.4 Å². The van der Waals surface area contributed by atoms with E-state index in [1.807, 2.05) is 32.0 Å². The molecule has 0 saturated heterocycles. The number of amides is 2. The average Bonchev–Trinajstić information content (AvgIpc) is 3.15. The van der Waals surface area contributed by atoms with E-state index in [-0.39, 0.29) is 17.7 Å². The molecule has 3 aromatic rings. The highest BCUT2D eigenvalue weighted by Crippen LogP contribution is 2.25. The van der Waals surface area contributed by atoms with Crippen LogP contribution < -0.4 is 10.6 Å². The third-order valence-corrected chi connectivity index (χ3v) is 4.52. The lowest BCUT2D eigenvalue weighted by Crippen LogP contribution is -2.21. The lowest BCUT2D eigenvalue weighted by Gasteiger charge is -2.14. The zero-order valence-electron chi connectivity index (χ0n) is 16.4. The molecule has 28 heavy (non-hydrogen) atoms. The summed E-state index contributed by atoms with van der Waals surface area (Å²) in [7, 11) is 1.58. The number of hydrogen-bond acceptors (Lipinski definition) is 4. The molecule has 0 atom stereocenters. The van der Waals surface area contributed by atoms with Crippen LogP contribution in [-0.2, 0) is 0 Å². The number of benzene rings is 1. The molecule has 0 aliphatic carbocycles. The van der Waals surface area contributed by atoms with Crippen LogP contribution in [0, 0.1) is 6.92 Å². The minimum atomic E-state index is -0.275. The van der Waals surface area contributed by atoms with Crippen molar-refractivity contribution < 1.29 is 9.59 Å². The molecule has 144 valence electrons. The number of carbonyl (C=O) groups excluding carboxylic acids is 2. The number of aromatic nitrogens is 3. The molecule has 0 spiro atoms. The summed E-state index contributed by atoms with van der Waals surface area (Å²) in [6.45, 7) is 5.82. The maximum Gasteiger partial charge on any atom is 0.259 e. The number of nitrogens with one attached hydrogen (secondary N) is 2. The zero-order chi connectivity index (χ0) is 20.3. The van der Waals surface area contributed by atoms with Crippen molar-refractivity contribution in [1.82, 2.24) is 20.1 Å². The molecule has 0 bridgehead atoms. The second-order valence-electron chi connectivity index (χ2n) is 6.71. The Balaban J connectivity index is 1.96. The van der Waals surface area contributed by atoms with E-state index in [1.165, 1.54) is 0 Å². The summed E-state index contributed by atoms with van der Waals surface area (Å²) in [6, 6.07) is 10.8. The summed E-state index contributed by atoms with van der Waals surface area (Å²) in [5, 5.41) is 9.90. The molecule has 2 heterocycles. The highest BCUT2D eigenvalue weighted by Gasteiger charge is 2.22. The minimum Gasteiger partial charge on any atom is -0.355 e. The topological polar surface area (TPSA) is 88.9 Å². The maximum atomic E-state index is 13.0. The summed E-state index contributed by atoms with van der Waals surface area (Å²) in [6.07, 6.45) is 3.24. The van der Waals surface area contributed by atoms with Crippen LogP contribution >= 0.6 is 0 Å². The van der Waals surface area contributed by atoms with Crippen LogP contribution in [0.2, 0.25) is 0 Å². The van der Waals surface area contributed by atoms with Gasteiger partial charge in [0.2, 0.25) is 0 Å². The van der Waals surface area contributed by atoms with Crippen molar-refractivity contribution in [2.45, 2.75) is 26.7 Å². The van der Waals surface area contributed by atoms with Crippen LogP contribution in [0.3, 0.4) is 0 Å². The first-order valence-corrected chi connectivity index (χ1v) is 9.06. The molecule has 3 rings (SSSR count). The first kappa shape index (κ1) is 19.3. The molecule has 0 saturated carbocycles. The van der Waals surface area contributed by atoms with Gasteiger partial charge in [0.15, 0.2) is 5.82 Å². The van der Waals surface area contributed by atoms with Gasteiger partial charge in [-0.1, -0.05) is 26.0 Å². The Morgan fingerprint density at radius 1 is 1.04 bits per heavy atom. The summed E-state index contributed by atoms with van der Waals surface area (Å²) in [5.74, 6) is 0.245. The molecule has 0 aliphatic heterocycles. The van der Waals surface area contributed by atoms with Gasteiger partial charge in [-0.05, 0) is 42.7 Å². The summed E-state index contributed by atoms with van der Waals surface area (Å²) in [5.41, 5.74) is 3.07. The normalized spacial score (nSPS) is 10.8. The van der Waals surface area contributed by atoms with Gasteiger partial charge in [-0.25, -0.2) is 9.67 Å². The Hall–Kier alpha value is -3.48. The number of anilines is 1. The number of nitrogens with zero attached hydrogens (tertiary/aromatic N) is 3. The fourth-order valence-corrected chi connectivity index (χ4v) is 3.09. The van der Waals surface area contributed by atoms with E-state index in [9.17, 15) is 9.59 Å². The third-order valence-electron chi connectivity index (χ3n) is 4.52. The molecule has 7 nitrogen and oxygen atoms in total. The van der Waals surface area contributed by atoms with Gasteiger partial charge < -0.3 is 10.6 Å². The lowest BCUT2D eigenvalue weighted by atomic mass is 10.0. The molecule has 1 aromatic carbocycles. The maximum absolute atomic E-state index is 13.0. The van der Waals surface area contributed by atoms with Crippen LogP contribution in [0.15, 0.2) is 48.8 Å². The van der Waals surface area contributed by atoms with Gasteiger partial charge in [0.25, 0.3) is 11.8 Å². The number of carbonyl (C=O) groups is 2. The van der Waals surface area contributed by atoms with E-state index in [4.69, 9.17) is 0 Å². The Bertz CT molecular complexity index is 1010. The van der Waals surface area contributed by atoms with Crippen LogP contribution in [0.25, 0.3) is 5.82 Å². The van der Waals surface area contributed by atoms with Crippen LogP contribution in [0.5, 0.6) is 0 Å². The molecule has 2 amide bonds. The molecule has 0 radical (unpaired) electrons. The largest absolute Gasteiger partial charge is 0.355 e. The summed E-state index contributed by atoms with van der Waals surface area (Å²) < 4.78 is 1.69. The Labute approximate surface area is 163 Å². The molecular formula is C21H23N5O2. The van der Waals surface area contributed by atoms with E-state index in [0.717, 1.165) is 5.69 Å². The predicted octanol–water partition coefficient (Wildman–Crippen LogP) is 3.31. The Morgan fingerprint density at radius 3 is 2.46 bits per heavy atom. The van der Waals surface area contributed by atoms with Gasteiger partial charge in [-0.3, -0.25) is 9.59 Å². The fraction of sp³-hybridized carbons (Fsp3) is 0.238. The van der Waals surface area contributed by atoms with Crippen molar-refractivity contribution in [1.29, 1.82) is 0 Å². The molecule has 7 heteroatoms. The van der Waals surface area contributed by atoms with Crippen molar-refractivity contribution in [3.8, 4) is 5.82 Å². The van der Waals surface area contributed by atoms with Crippen molar-refractivity contribution in [3.05, 3.63) is 71.2 Å². The van der Waals surface area contributed by atoms with E-state index in [0.29, 0.717) is 28.2 Å². The van der Waals surface area contributed by atoms with Crippen molar-refractivity contribution >= 4 is 17.5 Å². The first-order valence-electron chi connectivity index (χ1n) is 9.06. The number of hydrogen-bond donors (Lipinski definition) is 2. The number of rotatable bonds is 5. The second kappa shape index (κ2) is 8.04. The zero-order valence-corrected chi connectivity index (χ0v) is 16.4. The van der Waals surface area contributed by atoms with E-state index < -0.39 is 0 Å². The van der Waals surface area contributed by atoms with Gasteiger partial charge >= 0.3 is 0 Å². The average molecular weight is 377 g/mol. The van der Waals surface area contributed by atoms with Crippen LogP contribution in [-0.4, -0.2) is 33.6 Å². The van der Waals surface area contributed by atoms with Crippen molar-refractivity contribution in [3.63, 3.8) is 0 Å².